The fraction of sp³-hybridized carbons (Fsp3) is 0.133. The third-order valence-electron chi connectivity index (χ3n) is 3.15. The monoisotopic (exact) mass is 294 g/mol. The molecule has 0 atom stereocenters. The molecule has 0 unspecified atom stereocenters. The molecule has 0 saturated heterocycles. The minimum atomic E-state index is -4.44. The third kappa shape index (κ3) is 2.08. The molecular formula is C15H9F3OS. The molecule has 102 valence electrons. The van der Waals surface area contributed by atoms with Crippen LogP contribution in [0.2, 0.25) is 0 Å². The SMILES string of the molecule is Cc1ccc2c(=O)c3cc(C(F)(F)F)ccc3sc2c1. The van der Waals surface area contributed by atoms with Gasteiger partial charge in [0.25, 0.3) is 0 Å². The van der Waals surface area contributed by atoms with E-state index in [9.17, 15) is 18.0 Å². The van der Waals surface area contributed by atoms with Crippen LogP contribution in [0.1, 0.15) is 11.1 Å². The standard InChI is InChI=1S/C15H9F3OS/c1-8-2-4-10-13(6-8)20-12-5-3-9(15(16,17)18)7-11(12)14(10)19/h2-7H,1H3. The summed E-state index contributed by atoms with van der Waals surface area (Å²) in [5.41, 5.74) is -0.125. The number of aryl methyl sites for hydroxylation is 1. The van der Waals surface area contributed by atoms with Crippen molar-refractivity contribution in [3.05, 3.63) is 57.7 Å². The molecule has 0 N–H and O–H groups in total. The first kappa shape index (κ1) is 13.1. The molecule has 1 nitrogen and oxygen atoms in total. The smallest absolute Gasteiger partial charge is 0.289 e. The summed E-state index contributed by atoms with van der Waals surface area (Å²) in [4.78, 5) is 12.3. The van der Waals surface area contributed by atoms with Gasteiger partial charge in [-0.2, -0.15) is 13.2 Å². The Morgan fingerprint density at radius 3 is 2.40 bits per heavy atom. The van der Waals surface area contributed by atoms with E-state index in [1.165, 1.54) is 17.4 Å². The second kappa shape index (κ2) is 4.31. The molecule has 5 heteroatoms. The highest BCUT2D eigenvalue weighted by atomic mass is 32.1. The Kier molecular flexibility index (Phi) is 2.83. The number of rotatable bonds is 0. The Labute approximate surface area is 116 Å². The van der Waals surface area contributed by atoms with Crippen molar-refractivity contribution in [2.75, 3.05) is 0 Å². The van der Waals surface area contributed by atoms with Gasteiger partial charge in [-0.3, -0.25) is 4.79 Å². The Morgan fingerprint density at radius 2 is 1.70 bits per heavy atom. The van der Waals surface area contributed by atoms with Crippen LogP contribution in [0.5, 0.6) is 0 Å². The lowest BCUT2D eigenvalue weighted by Crippen LogP contribution is -2.07. The van der Waals surface area contributed by atoms with E-state index < -0.39 is 11.7 Å². The lowest BCUT2D eigenvalue weighted by molar-refractivity contribution is -0.137. The first-order chi connectivity index (χ1) is 9.36. The van der Waals surface area contributed by atoms with Gasteiger partial charge in [0.2, 0.25) is 0 Å². The predicted molar refractivity (Wildman–Crippen MR) is 75.3 cm³/mol. The topological polar surface area (TPSA) is 17.1 Å². The fourth-order valence-corrected chi connectivity index (χ4v) is 3.29. The predicted octanol–water partition coefficient (Wildman–Crippen LogP) is 4.74. The second-order valence-corrected chi connectivity index (χ2v) is 5.72. The van der Waals surface area contributed by atoms with Gasteiger partial charge >= 0.3 is 6.18 Å². The fourth-order valence-electron chi connectivity index (χ4n) is 2.14. The summed E-state index contributed by atoms with van der Waals surface area (Å²) in [5, 5.41) is 0.591. The minimum Gasteiger partial charge on any atom is -0.289 e. The molecule has 0 aliphatic rings. The Bertz CT molecular complexity index is 878. The largest absolute Gasteiger partial charge is 0.416 e. The molecule has 1 aromatic heterocycles. The number of hydrogen-bond acceptors (Lipinski definition) is 2. The summed E-state index contributed by atoms with van der Waals surface area (Å²) >= 11 is 1.33. The Balaban J connectivity index is 2.42. The zero-order chi connectivity index (χ0) is 14.5. The maximum absolute atomic E-state index is 12.7. The molecule has 1 heterocycles. The highest BCUT2D eigenvalue weighted by molar-refractivity contribution is 7.24. The van der Waals surface area contributed by atoms with E-state index >= 15 is 0 Å². The van der Waals surface area contributed by atoms with Crippen molar-refractivity contribution in [2.45, 2.75) is 13.1 Å². The molecule has 3 aromatic rings. The summed E-state index contributed by atoms with van der Waals surface area (Å²) in [6, 6.07) is 8.65. The van der Waals surface area contributed by atoms with Gasteiger partial charge in [0.1, 0.15) is 0 Å². The first-order valence-corrected chi connectivity index (χ1v) is 6.72. The summed E-state index contributed by atoms with van der Waals surface area (Å²) in [6.45, 7) is 1.91. The van der Waals surface area contributed by atoms with Gasteiger partial charge in [-0.05, 0) is 42.8 Å². The van der Waals surface area contributed by atoms with Gasteiger partial charge in [-0.25, -0.2) is 0 Å². The highest BCUT2D eigenvalue weighted by Crippen LogP contribution is 2.33. The number of hydrogen-bond donors (Lipinski definition) is 0. The normalized spacial score (nSPS) is 12.2. The minimum absolute atomic E-state index is 0.126. The van der Waals surface area contributed by atoms with E-state index in [4.69, 9.17) is 0 Å². The van der Waals surface area contributed by atoms with E-state index in [0.717, 1.165) is 22.4 Å². The van der Waals surface area contributed by atoms with Crippen LogP contribution < -0.4 is 5.43 Å². The average molecular weight is 294 g/mol. The van der Waals surface area contributed by atoms with Crippen molar-refractivity contribution >= 4 is 31.5 Å². The van der Waals surface area contributed by atoms with Crippen molar-refractivity contribution in [3.8, 4) is 0 Å². The molecular weight excluding hydrogens is 285 g/mol. The van der Waals surface area contributed by atoms with Crippen LogP contribution in [0.3, 0.4) is 0 Å². The van der Waals surface area contributed by atoms with Crippen LogP contribution in [-0.4, -0.2) is 0 Å². The maximum atomic E-state index is 12.7. The molecule has 2 aromatic carbocycles. The van der Waals surface area contributed by atoms with E-state index in [1.807, 2.05) is 13.0 Å². The van der Waals surface area contributed by atoms with E-state index in [2.05, 4.69) is 0 Å². The van der Waals surface area contributed by atoms with Crippen molar-refractivity contribution in [1.82, 2.24) is 0 Å². The number of benzene rings is 2. The van der Waals surface area contributed by atoms with Crippen molar-refractivity contribution in [3.63, 3.8) is 0 Å². The zero-order valence-electron chi connectivity index (χ0n) is 10.4. The lowest BCUT2D eigenvalue weighted by atomic mass is 10.1. The molecule has 0 saturated carbocycles. The molecule has 0 bridgehead atoms. The van der Waals surface area contributed by atoms with Crippen LogP contribution >= 0.6 is 11.3 Å². The van der Waals surface area contributed by atoms with E-state index in [1.54, 1.807) is 12.1 Å². The lowest BCUT2D eigenvalue weighted by Gasteiger charge is -2.08. The summed E-state index contributed by atoms with van der Waals surface area (Å²) < 4.78 is 39.5. The molecule has 3 rings (SSSR count). The molecule has 0 spiro atoms. The number of halogens is 3. The van der Waals surface area contributed by atoms with E-state index in [0.29, 0.717) is 10.1 Å². The molecule has 0 radical (unpaired) electrons. The molecule has 0 aliphatic carbocycles. The van der Waals surface area contributed by atoms with Crippen LogP contribution in [0.4, 0.5) is 13.2 Å². The average Bonchev–Trinajstić information content (AvgIpc) is 2.37. The maximum Gasteiger partial charge on any atom is 0.416 e. The molecule has 0 fully saturated rings. The van der Waals surface area contributed by atoms with Crippen LogP contribution in [-0.2, 0) is 6.18 Å². The van der Waals surface area contributed by atoms with Crippen LogP contribution in [0.25, 0.3) is 20.2 Å². The van der Waals surface area contributed by atoms with Gasteiger partial charge in [0.15, 0.2) is 5.43 Å². The van der Waals surface area contributed by atoms with Crippen molar-refractivity contribution < 1.29 is 13.2 Å². The van der Waals surface area contributed by atoms with Gasteiger partial charge in [0, 0.05) is 20.2 Å². The Morgan fingerprint density at radius 1 is 0.950 bits per heavy atom. The van der Waals surface area contributed by atoms with Gasteiger partial charge < -0.3 is 0 Å². The van der Waals surface area contributed by atoms with Crippen molar-refractivity contribution in [2.24, 2.45) is 0 Å². The van der Waals surface area contributed by atoms with Crippen molar-refractivity contribution in [1.29, 1.82) is 0 Å². The van der Waals surface area contributed by atoms with Gasteiger partial charge in [-0.1, -0.05) is 6.07 Å². The molecule has 0 aliphatic heterocycles. The third-order valence-corrected chi connectivity index (χ3v) is 4.29. The molecule has 0 amide bonds. The summed E-state index contributed by atoms with van der Waals surface area (Å²) in [7, 11) is 0. The van der Waals surface area contributed by atoms with Crippen LogP contribution in [0.15, 0.2) is 41.2 Å². The quantitative estimate of drug-likeness (QED) is 0.547. The number of fused-ring (bicyclic) bond motifs is 2. The summed E-state index contributed by atoms with van der Waals surface area (Å²) in [5.74, 6) is 0. The molecule has 20 heavy (non-hydrogen) atoms. The van der Waals surface area contributed by atoms with Crippen LogP contribution in [0, 0.1) is 6.92 Å². The first-order valence-electron chi connectivity index (χ1n) is 5.91. The van der Waals surface area contributed by atoms with Gasteiger partial charge in [0.05, 0.1) is 5.56 Å². The summed E-state index contributed by atoms with van der Waals surface area (Å²) in [6.07, 6.45) is -4.44. The Hall–Kier alpha value is -1.88. The highest BCUT2D eigenvalue weighted by Gasteiger charge is 2.30. The zero-order valence-corrected chi connectivity index (χ0v) is 11.2. The second-order valence-electron chi connectivity index (χ2n) is 4.64. The number of alkyl halides is 3. The van der Waals surface area contributed by atoms with Gasteiger partial charge in [-0.15, -0.1) is 11.3 Å². The van der Waals surface area contributed by atoms with E-state index in [-0.39, 0.29) is 10.8 Å².